The van der Waals surface area contributed by atoms with Crippen LogP contribution in [0.15, 0.2) is 53.2 Å². The Balaban J connectivity index is 1.66. The van der Waals surface area contributed by atoms with Crippen molar-refractivity contribution < 1.29 is 36.9 Å². The fourth-order valence-electron chi connectivity index (χ4n) is 3.41. The van der Waals surface area contributed by atoms with Crippen molar-refractivity contribution in [1.82, 2.24) is 15.0 Å². The van der Waals surface area contributed by atoms with Gasteiger partial charge in [-0.05, 0) is 75.2 Å². The van der Waals surface area contributed by atoms with Crippen molar-refractivity contribution in [2.45, 2.75) is 46.8 Å². The minimum absolute atomic E-state index is 0.0390. The number of phenols is 1. The van der Waals surface area contributed by atoms with E-state index in [0.29, 0.717) is 28.1 Å². The number of hydrogen-bond acceptors (Lipinski definition) is 8. The van der Waals surface area contributed by atoms with Crippen LogP contribution in [0.1, 0.15) is 30.9 Å². The zero-order chi connectivity index (χ0) is 26.7. The lowest BCUT2D eigenvalue weighted by Gasteiger charge is -2.10. The molecule has 0 bridgehead atoms. The maximum Gasteiger partial charge on any atom is 0.573 e. The second-order valence-electron chi connectivity index (χ2n) is 8.40. The normalized spacial score (nSPS) is 11.6. The van der Waals surface area contributed by atoms with Gasteiger partial charge < -0.3 is 23.7 Å². The van der Waals surface area contributed by atoms with Gasteiger partial charge in [-0.25, -0.2) is 15.0 Å². The zero-order valence-corrected chi connectivity index (χ0v) is 20.5. The number of halogens is 3. The van der Waals surface area contributed by atoms with Gasteiger partial charge in [-0.2, -0.15) is 0 Å². The smallest absolute Gasteiger partial charge is 0.508 e. The van der Waals surface area contributed by atoms with Crippen LogP contribution >= 0.6 is 0 Å². The van der Waals surface area contributed by atoms with E-state index < -0.39 is 6.36 Å². The van der Waals surface area contributed by atoms with E-state index in [1.807, 2.05) is 20.8 Å². The molecule has 4 rings (SSSR count). The molecule has 0 fully saturated rings. The molecule has 0 amide bonds. The first kappa shape index (κ1) is 25.8. The highest BCUT2D eigenvalue weighted by Gasteiger charge is 2.31. The van der Waals surface area contributed by atoms with Crippen LogP contribution in [0.5, 0.6) is 23.3 Å². The zero-order valence-electron chi connectivity index (χ0n) is 20.5. The molecule has 0 aliphatic rings. The van der Waals surface area contributed by atoms with Crippen molar-refractivity contribution in [2.75, 3.05) is 0 Å². The lowest BCUT2D eigenvalue weighted by Crippen LogP contribution is -2.16. The van der Waals surface area contributed by atoms with Crippen LogP contribution in [0.3, 0.4) is 0 Å². The van der Waals surface area contributed by atoms with E-state index in [0.717, 1.165) is 5.56 Å². The third-order valence-electron chi connectivity index (χ3n) is 5.32. The van der Waals surface area contributed by atoms with E-state index >= 15 is 0 Å². The van der Waals surface area contributed by atoms with Crippen LogP contribution in [-0.2, 0) is 6.61 Å². The maximum atomic E-state index is 12.6. The molecular formula is C26H24F3N3O5. The molecule has 2 aromatic carbocycles. The Morgan fingerprint density at radius 2 is 1.62 bits per heavy atom. The van der Waals surface area contributed by atoms with Crippen LogP contribution in [-0.4, -0.2) is 32.5 Å². The van der Waals surface area contributed by atoms with E-state index in [9.17, 15) is 18.3 Å². The molecule has 8 nitrogen and oxygen atoms in total. The van der Waals surface area contributed by atoms with E-state index in [1.54, 1.807) is 13.0 Å². The molecule has 0 spiro atoms. The highest BCUT2D eigenvalue weighted by atomic mass is 19.4. The fraction of sp³-hybridized carbons (Fsp3) is 0.269. The molecule has 0 saturated heterocycles. The number of aromatic nitrogens is 3. The Hall–Kier alpha value is -4.28. The van der Waals surface area contributed by atoms with Crippen molar-refractivity contribution in [3.8, 4) is 45.8 Å². The summed E-state index contributed by atoms with van der Waals surface area (Å²) < 4.78 is 59.0. The fourth-order valence-corrected chi connectivity index (χ4v) is 3.41. The van der Waals surface area contributed by atoms with Crippen molar-refractivity contribution in [3.63, 3.8) is 0 Å². The van der Waals surface area contributed by atoms with E-state index in [-0.39, 0.29) is 41.9 Å². The van der Waals surface area contributed by atoms with Gasteiger partial charge in [0.05, 0.1) is 6.10 Å². The summed E-state index contributed by atoms with van der Waals surface area (Å²) in [5, 5.41) is 9.87. The average molecular weight is 515 g/mol. The number of oxazole rings is 1. The van der Waals surface area contributed by atoms with Crippen molar-refractivity contribution >= 4 is 0 Å². The minimum Gasteiger partial charge on any atom is -0.508 e. The van der Waals surface area contributed by atoms with Crippen LogP contribution in [0.25, 0.3) is 22.6 Å². The van der Waals surface area contributed by atoms with Gasteiger partial charge in [-0.1, -0.05) is 0 Å². The summed E-state index contributed by atoms with van der Waals surface area (Å²) >= 11 is 0. The van der Waals surface area contributed by atoms with E-state index in [4.69, 9.17) is 13.9 Å². The third kappa shape index (κ3) is 6.29. The Kier molecular flexibility index (Phi) is 7.23. The van der Waals surface area contributed by atoms with Crippen LogP contribution < -0.4 is 14.2 Å². The van der Waals surface area contributed by atoms with Crippen molar-refractivity contribution in [1.29, 1.82) is 0 Å². The van der Waals surface area contributed by atoms with E-state index in [2.05, 4.69) is 19.7 Å². The summed E-state index contributed by atoms with van der Waals surface area (Å²) in [4.78, 5) is 12.9. The van der Waals surface area contributed by atoms with Gasteiger partial charge in [-0.3, -0.25) is 0 Å². The molecule has 2 aromatic heterocycles. The maximum absolute atomic E-state index is 12.6. The first-order chi connectivity index (χ1) is 17.5. The van der Waals surface area contributed by atoms with Crippen LogP contribution in [0, 0.1) is 13.8 Å². The number of ether oxygens (including phenoxy) is 3. The number of nitrogens with zero attached hydrogens (tertiary/aromatic N) is 3. The Morgan fingerprint density at radius 1 is 0.946 bits per heavy atom. The molecule has 0 aliphatic carbocycles. The predicted molar refractivity (Wildman–Crippen MR) is 127 cm³/mol. The number of rotatable bonds is 8. The number of aromatic hydroxyl groups is 1. The number of hydrogen-bond donors (Lipinski definition) is 1. The number of phenolic OH excluding ortho intramolecular Hbond substituents is 1. The number of alkyl halides is 3. The van der Waals surface area contributed by atoms with Gasteiger partial charge in [0, 0.05) is 23.5 Å². The van der Waals surface area contributed by atoms with Crippen LogP contribution in [0.2, 0.25) is 0 Å². The SMILES string of the molecule is Cc1c(O)ccc(OCc2nc(-c3cnc(OC(C)C)nc3)c(-c3ccc(OC(F)(F)F)cc3)o2)c1C. The molecule has 0 atom stereocenters. The largest absolute Gasteiger partial charge is 0.573 e. The molecule has 0 radical (unpaired) electrons. The molecule has 37 heavy (non-hydrogen) atoms. The van der Waals surface area contributed by atoms with Gasteiger partial charge >= 0.3 is 12.4 Å². The summed E-state index contributed by atoms with van der Waals surface area (Å²) in [6, 6.07) is 8.60. The molecule has 0 aliphatic heterocycles. The summed E-state index contributed by atoms with van der Waals surface area (Å²) in [5.74, 6) is 0.847. The first-order valence-corrected chi connectivity index (χ1v) is 11.3. The predicted octanol–water partition coefficient (Wildman–Crippen LogP) is 6.39. The Morgan fingerprint density at radius 3 is 2.24 bits per heavy atom. The second kappa shape index (κ2) is 10.4. The minimum atomic E-state index is -4.80. The topological polar surface area (TPSA) is 99.7 Å². The molecule has 194 valence electrons. The highest BCUT2D eigenvalue weighted by Crippen LogP contribution is 2.35. The van der Waals surface area contributed by atoms with E-state index in [1.165, 1.54) is 42.7 Å². The average Bonchev–Trinajstić information content (AvgIpc) is 3.26. The first-order valence-electron chi connectivity index (χ1n) is 11.3. The highest BCUT2D eigenvalue weighted by molar-refractivity contribution is 5.76. The molecule has 0 saturated carbocycles. The second-order valence-corrected chi connectivity index (χ2v) is 8.40. The summed E-state index contributed by atoms with van der Waals surface area (Å²) in [7, 11) is 0. The van der Waals surface area contributed by atoms with Gasteiger partial charge in [-0.15, -0.1) is 13.2 Å². The van der Waals surface area contributed by atoms with Gasteiger partial charge in [0.25, 0.3) is 0 Å². The van der Waals surface area contributed by atoms with Gasteiger partial charge in [0.2, 0.25) is 5.89 Å². The lowest BCUT2D eigenvalue weighted by molar-refractivity contribution is -0.274. The third-order valence-corrected chi connectivity index (χ3v) is 5.32. The Labute approximate surface area is 210 Å². The molecule has 2 heterocycles. The molecule has 0 unspecified atom stereocenters. The quantitative estimate of drug-likeness (QED) is 0.288. The molecule has 4 aromatic rings. The monoisotopic (exact) mass is 515 g/mol. The summed E-state index contributed by atoms with van der Waals surface area (Å²) in [5.41, 5.74) is 2.79. The summed E-state index contributed by atoms with van der Waals surface area (Å²) in [6.45, 7) is 7.26. The summed E-state index contributed by atoms with van der Waals surface area (Å²) in [6.07, 6.45) is -1.87. The number of benzene rings is 2. The molecule has 1 N–H and O–H groups in total. The molecular weight excluding hydrogens is 491 g/mol. The van der Waals surface area contributed by atoms with Crippen molar-refractivity contribution in [2.24, 2.45) is 0 Å². The standard InChI is InChI=1S/C26H24F3N3O5/c1-14(2)35-25-30-11-18(12-31-25)23-24(17-5-7-19(8-6-17)37-26(27,28)29)36-22(32-23)13-34-21-10-9-20(33)15(3)16(21)4/h5-12,14,33H,13H2,1-4H3. The van der Waals surface area contributed by atoms with Crippen LogP contribution in [0.4, 0.5) is 13.2 Å². The Bertz CT molecular complexity index is 1370. The van der Waals surface area contributed by atoms with Crippen molar-refractivity contribution in [3.05, 3.63) is 65.8 Å². The molecule has 11 heteroatoms. The van der Waals surface area contributed by atoms with Gasteiger partial charge in [0.15, 0.2) is 12.4 Å². The van der Waals surface area contributed by atoms with Gasteiger partial charge in [0.1, 0.15) is 22.9 Å². The lowest BCUT2D eigenvalue weighted by atomic mass is 10.1.